The van der Waals surface area contributed by atoms with Gasteiger partial charge in [0.05, 0.1) is 77.1 Å². The lowest BCUT2D eigenvalue weighted by Crippen LogP contribution is -2.45. The number of carbonyl (C=O) groups is 4. The first kappa shape index (κ1) is 74.2. The van der Waals surface area contributed by atoms with E-state index in [1.807, 2.05) is 79.3 Å². The maximum Gasteiger partial charge on any atom is 0.326 e. The zero-order valence-corrected chi connectivity index (χ0v) is 62.4. The van der Waals surface area contributed by atoms with Gasteiger partial charge in [-0.25, -0.2) is 24.7 Å². The van der Waals surface area contributed by atoms with Gasteiger partial charge in [0.15, 0.2) is 0 Å². The summed E-state index contributed by atoms with van der Waals surface area (Å²) < 4.78 is 0. The van der Waals surface area contributed by atoms with Crippen LogP contribution in [0.2, 0.25) is 0 Å². The van der Waals surface area contributed by atoms with Gasteiger partial charge in [-0.3, -0.25) is 24.4 Å². The number of carbonyl (C=O) groups excluding carboxylic acids is 3. The van der Waals surface area contributed by atoms with Crippen LogP contribution in [0.3, 0.4) is 0 Å². The Bertz CT molecular complexity index is 4460. The molecule has 3 aliphatic heterocycles. The Morgan fingerprint density at radius 1 is 0.371 bits per heavy atom. The molecule has 4 fully saturated rings. The molecular formula is C85H103N15O5. The number of nitrogens with one attached hydrogen (secondary N) is 6. The molecule has 0 spiro atoms. The molecule has 548 valence electrons. The number of pyridine rings is 2. The average molecular weight is 1410 g/mol. The fourth-order valence-electron chi connectivity index (χ4n) is 14.7. The van der Waals surface area contributed by atoms with Crippen molar-refractivity contribution in [1.82, 2.24) is 64.5 Å². The zero-order valence-electron chi connectivity index (χ0n) is 62.4. The van der Waals surface area contributed by atoms with E-state index in [0.717, 1.165) is 137 Å². The van der Waals surface area contributed by atoms with Crippen molar-refractivity contribution in [1.29, 1.82) is 0 Å². The molecule has 3 amide bonds. The first-order chi connectivity index (χ1) is 50.8. The molecule has 105 heavy (non-hydrogen) atoms. The smallest absolute Gasteiger partial charge is 0.326 e. The van der Waals surface area contributed by atoms with Gasteiger partial charge in [0.2, 0.25) is 17.7 Å². The molecule has 0 radical (unpaired) electrons. The summed E-state index contributed by atoms with van der Waals surface area (Å²) in [6.45, 7) is 22.7. The van der Waals surface area contributed by atoms with Crippen LogP contribution in [0.1, 0.15) is 181 Å². The van der Waals surface area contributed by atoms with Crippen LogP contribution < -0.4 is 10.6 Å². The van der Waals surface area contributed by atoms with E-state index in [1.54, 1.807) is 36.9 Å². The number of hydrogen-bond donors (Lipinski definition) is 7. The first-order valence-corrected chi connectivity index (χ1v) is 37.9. The van der Waals surface area contributed by atoms with Gasteiger partial charge in [0.1, 0.15) is 35.4 Å². The molecule has 0 unspecified atom stereocenters. The van der Waals surface area contributed by atoms with Crippen LogP contribution in [0.25, 0.3) is 67.3 Å². The van der Waals surface area contributed by atoms with Crippen molar-refractivity contribution in [3.63, 3.8) is 0 Å². The Labute approximate surface area is 617 Å². The average Bonchev–Trinajstić information content (AvgIpc) is 1.71. The van der Waals surface area contributed by atoms with Gasteiger partial charge >= 0.3 is 5.97 Å². The fourth-order valence-corrected chi connectivity index (χ4v) is 14.7. The molecule has 10 aromatic rings. The Morgan fingerprint density at radius 2 is 0.676 bits per heavy atom. The molecular weight excluding hydrogens is 1310 g/mol. The van der Waals surface area contributed by atoms with E-state index in [4.69, 9.17) is 20.1 Å². The van der Waals surface area contributed by atoms with Crippen molar-refractivity contribution >= 4 is 35.1 Å². The molecule has 14 rings (SSSR count). The van der Waals surface area contributed by atoms with Gasteiger partial charge in [-0.2, -0.15) is 0 Å². The number of likely N-dealkylation sites (tertiary alicyclic amines) is 3. The topological polar surface area (TPSA) is 263 Å². The van der Waals surface area contributed by atoms with Crippen molar-refractivity contribution in [3.05, 3.63) is 194 Å². The van der Waals surface area contributed by atoms with Crippen LogP contribution in [-0.2, 0) is 19.2 Å². The van der Waals surface area contributed by atoms with E-state index in [0.29, 0.717) is 24.3 Å². The molecule has 4 aliphatic rings. The lowest BCUT2D eigenvalue weighted by atomic mass is 9.96. The SMILES string of the molecule is CC(C)[C@H](C)C(=O)N1CCC[C@H]1c1ncc(-c2ccc(-c3ccc(-c4cnc(C5CCCC5)[nH]4)cc3)cc2)[nH]1.CC(C)[C@H](C)C(=O)N1CCC[C@H]1c1ncc(-c2ccc(-c3ccc(-c4cnc([C@@H]5CCCN5C(=O)[C@@H](Nc5cccnc5)C(C)C)[nH]4)cc3)cc2)[nH]1.CC(C)[C@H](Nc1cccnc1)C(=O)O. The molecule has 7 atom stereocenters. The number of nitrogens with zero attached hydrogens (tertiary/aromatic N) is 9. The van der Waals surface area contributed by atoms with E-state index in [1.165, 1.54) is 42.4 Å². The van der Waals surface area contributed by atoms with Gasteiger partial charge in [-0.15, -0.1) is 0 Å². The van der Waals surface area contributed by atoms with Crippen LogP contribution in [0.4, 0.5) is 11.4 Å². The van der Waals surface area contributed by atoms with Crippen molar-refractivity contribution in [2.24, 2.45) is 35.5 Å². The number of carboxylic acids is 1. The summed E-state index contributed by atoms with van der Waals surface area (Å²) in [5.41, 5.74) is 14.5. The minimum absolute atomic E-state index is 0.00168. The summed E-state index contributed by atoms with van der Waals surface area (Å²) in [5.74, 6) is 4.83. The highest BCUT2D eigenvalue weighted by Crippen LogP contribution is 2.39. The van der Waals surface area contributed by atoms with Gasteiger partial charge in [-0.1, -0.05) is 179 Å². The molecule has 20 nitrogen and oxygen atoms in total. The van der Waals surface area contributed by atoms with E-state index >= 15 is 0 Å². The third-order valence-electron chi connectivity index (χ3n) is 21.7. The predicted octanol–water partition coefficient (Wildman–Crippen LogP) is 17.6. The number of rotatable bonds is 22. The summed E-state index contributed by atoms with van der Waals surface area (Å²) in [4.78, 5) is 98.0. The number of benzene rings is 4. The molecule has 0 bridgehead atoms. The molecule has 20 heteroatoms. The zero-order chi connectivity index (χ0) is 73.8. The number of aromatic amines is 4. The van der Waals surface area contributed by atoms with E-state index < -0.39 is 12.0 Å². The number of carboxylic acid groups (broad SMARTS) is 1. The number of H-pyrrole nitrogens is 4. The van der Waals surface area contributed by atoms with Crippen molar-refractivity contribution in [3.8, 4) is 67.3 Å². The Kier molecular flexibility index (Phi) is 24.0. The maximum absolute atomic E-state index is 13.8. The summed E-state index contributed by atoms with van der Waals surface area (Å²) in [6, 6.07) is 40.7. The van der Waals surface area contributed by atoms with E-state index in [-0.39, 0.29) is 65.6 Å². The van der Waals surface area contributed by atoms with E-state index in [9.17, 15) is 19.2 Å². The predicted molar refractivity (Wildman–Crippen MR) is 415 cm³/mol. The third kappa shape index (κ3) is 17.7. The summed E-state index contributed by atoms with van der Waals surface area (Å²) in [7, 11) is 0. The lowest BCUT2D eigenvalue weighted by Gasteiger charge is -2.30. The summed E-state index contributed by atoms with van der Waals surface area (Å²) in [6.07, 6.45) is 25.2. The summed E-state index contributed by atoms with van der Waals surface area (Å²) >= 11 is 0. The standard InChI is InChI=1S/C42H50N8O2.C33H39N5O.C10H14N2O2/c1-26(2)28(5)41(51)49-21-7-10-36(49)39-44-24-34(47-39)31-16-12-29(13-17-31)30-14-18-32(19-15-30)35-25-45-40(48-35)37-11-8-22-50(37)42(52)38(27(3)4)46-33-9-6-20-43-23-33;1-21(2)22(3)33(39)38-18-6-9-30(38)32-35-20-29(37-32)26-16-12-24(13-17-26)23-10-14-25(15-11-23)28-19-34-31(36-28)27-7-4-5-8-27;1-7(2)9(10(13)14)12-8-4-3-5-11-6-8/h6,9,12-20,23-28,36-38,46H,7-8,10-11,21-22H2,1-5H3,(H,44,47)(H,45,48);10-17,19-22,27,30H,4-9,18H2,1-3H3,(H,34,36)(H,35,37);3-7,9,12H,1-2H3,(H,13,14)/t28-,36-,37-,38-;22-,30-;9-/m000/s1. The van der Waals surface area contributed by atoms with E-state index in [2.05, 4.69) is 184 Å². The van der Waals surface area contributed by atoms with Crippen LogP contribution >= 0.6 is 0 Å². The molecule has 9 heterocycles. The van der Waals surface area contributed by atoms with Gasteiger partial charge in [0, 0.05) is 62.2 Å². The van der Waals surface area contributed by atoms with Crippen LogP contribution in [0, 0.1) is 35.5 Å². The number of anilines is 2. The monoisotopic (exact) mass is 1410 g/mol. The van der Waals surface area contributed by atoms with Crippen molar-refractivity contribution < 1.29 is 24.3 Å². The van der Waals surface area contributed by atoms with Gasteiger partial charge < -0.3 is 50.4 Å². The number of amides is 3. The molecule has 1 aliphatic carbocycles. The Hall–Kier alpha value is -10.5. The van der Waals surface area contributed by atoms with Crippen molar-refractivity contribution in [2.75, 3.05) is 30.3 Å². The highest BCUT2D eigenvalue weighted by atomic mass is 16.4. The fraction of sp³-hybridized carbons (Fsp3) is 0.412. The highest BCUT2D eigenvalue weighted by molar-refractivity contribution is 5.86. The lowest BCUT2D eigenvalue weighted by molar-refractivity contribution is -0.139. The Morgan fingerprint density at radius 3 is 0.981 bits per heavy atom. The molecule has 7 N–H and O–H groups in total. The first-order valence-electron chi connectivity index (χ1n) is 37.9. The molecule has 1 saturated carbocycles. The summed E-state index contributed by atoms with van der Waals surface area (Å²) in [5, 5.41) is 15.2. The normalized spacial score (nSPS) is 17.9. The Balaban J connectivity index is 0.000000171. The van der Waals surface area contributed by atoms with Crippen LogP contribution in [0.5, 0.6) is 0 Å². The third-order valence-corrected chi connectivity index (χ3v) is 21.7. The second-order valence-electron chi connectivity index (χ2n) is 30.2. The number of hydrogen-bond acceptors (Lipinski definition) is 12. The van der Waals surface area contributed by atoms with Gasteiger partial charge in [-0.05, 0) is 144 Å². The minimum Gasteiger partial charge on any atom is -0.480 e. The number of aromatic nitrogens is 10. The second kappa shape index (κ2) is 34.0. The second-order valence-corrected chi connectivity index (χ2v) is 30.2. The van der Waals surface area contributed by atoms with Crippen molar-refractivity contribution in [2.45, 2.75) is 170 Å². The minimum atomic E-state index is -0.844. The molecule has 3 saturated heterocycles. The molecule has 6 aromatic heterocycles. The van der Waals surface area contributed by atoms with Gasteiger partial charge in [0.25, 0.3) is 0 Å². The number of imidazole rings is 4. The molecule has 4 aromatic carbocycles. The maximum atomic E-state index is 13.8. The largest absolute Gasteiger partial charge is 0.480 e. The van der Waals surface area contributed by atoms with Crippen LogP contribution in [-0.4, -0.2) is 125 Å². The number of aliphatic carboxylic acids is 1. The quantitative estimate of drug-likeness (QED) is 0.0333. The van der Waals surface area contributed by atoms with Crippen LogP contribution in [0.15, 0.2) is 171 Å². The highest BCUT2D eigenvalue weighted by Gasteiger charge is 2.39.